The second kappa shape index (κ2) is 3.85. The van der Waals surface area contributed by atoms with Gasteiger partial charge in [0.2, 0.25) is 0 Å². The van der Waals surface area contributed by atoms with Crippen molar-refractivity contribution in [3.63, 3.8) is 0 Å². The SMILES string of the molecule is O=C(c1ccc2[nH]ncc2c1)N1CCC(O)C1. The van der Waals surface area contributed by atoms with E-state index in [0.717, 1.165) is 10.9 Å². The van der Waals surface area contributed by atoms with Gasteiger partial charge in [-0.2, -0.15) is 5.10 Å². The van der Waals surface area contributed by atoms with Gasteiger partial charge >= 0.3 is 0 Å². The molecule has 1 unspecified atom stereocenters. The number of hydrogen-bond donors (Lipinski definition) is 2. The van der Waals surface area contributed by atoms with E-state index in [1.54, 1.807) is 17.2 Å². The molecule has 88 valence electrons. The molecule has 1 aromatic carbocycles. The topological polar surface area (TPSA) is 69.2 Å². The Morgan fingerprint density at radius 3 is 3.18 bits per heavy atom. The van der Waals surface area contributed by atoms with E-state index < -0.39 is 0 Å². The summed E-state index contributed by atoms with van der Waals surface area (Å²) < 4.78 is 0. The third-order valence-electron chi connectivity index (χ3n) is 3.14. The largest absolute Gasteiger partial charge is 0.391 e. The number of rotatable bonds is 1. The number of nitrogens with one attached hydrogen (secondary N) is 1. The lowest BCUT2D eigenvalue weighted by Crippen LogP contribution is -2.29. The van der Waals surface area contributed by atoms with Crippen molar-refractivity contribution in [2.45, 2.75) is 12.5 Å². The molecular formula is C12H13N3O2. The first-order valence-electron chi connectivity index (χ1n) is 5.64. The first-order valence-corrected chi connectivity index (χ1v) is 5.64. The van der Waals surface area contributed by atoms with Crippen molar-refractivity contribution in [3.05, 3.63) is 30.0 Å². The lowest BCUT2D eigenvalue weighted by molar-refractivity contribution is 0.0765. The average Bonchev–Trinajstić information content (AvgIpc) is 2.95. The maximum atomic E-state index is 12.1. The van der Waals surface area contributed by atoms with E-state index in [9.17, 15) is 9.90 Å². The zero-order chi connectivity index (χ0) is 11.8. The molecule has 1 amide bonds. The highest BCUT2D eigenvalue weighted by atomic mass is 16.3. The zero-order valence-corrected chi connectivity index (χ0v) is 9.26. The van der Waals surface area contributed by atoms with E-state index >= 15 is 0 Å². The van der Waals surface area contributed by atoms with Crippen LogP contribution in [0, 0.1) is 0 Å². The molecule has 3 rings (SSSR count). The predicted molar refractivity (Wildman–Crippen MR) is 62.6 cm³/mol. The van der Waals surface area contributed by atoms with Crippen molar-refractivity contribution < 1.29 is 9.90 Å². The molecule has 1 fully saturated rings. The monoisotopic (exact) mass is 231 g/mol. The number of β-amino-alcohol motifs (C(OH)–C–C–N with tert-alkyl or cyclic N) is 1. The summed E-state index contributed by atoms with van der Waals surface area (Å²) in [4.78, 5) is 13.8. The number of benzene rings is 1. The summed E-state index contributed by atoms with van der Waals surface area (Å²) in [5, 5.41) is 17.1. The molecule has 2 N–H and O–H groups in total. The minimum Gasteiger partial charge on any atom is -0.391 e. The van der Waals surface area contributed by atoms with Crippen molar-refractivity contribution >= 4 is 16.8 Å². The number of carbonyl (C=O) groups is 1. The van der Waals surface area contributed by atoms with Crippen LogP contribution in [0.1, 0.15) is 16.8 Å². The van der Waals surface area contributed by atoms with Crippen LogP contribution in [0.15, 0.2) is 24.4 Å². The lowest BCUT2D eigenvalue weighted by Gasteiger charge is -2.15. The number of H-pyrrole nitrogens is 1. The standard InChI is InChI=1S/C12H13N3O2/c16-10-3-4-15(7-10)12(17)8-1-2-11-9(5-8)6-13-14-11/h1-2,5-6,10,16H,3-4,7H2,(H,13,14). The molecule has 1 aliphatic rings. The Kier molecular flexibility index (Phi) is 2.33. The smallest absolute Gasteiger partial charge is 0.253 e. The second-order valence-electron chi connectivity index (χ2n) is 4.37. The number of hydrogen-bond acceptors (Lipinski definition) is 3. The number of aromatic nitrogens is 2. The van der Waals surface area contributed by atoms with Crippen molar-refractivity contribution in [1.82, 2.24) is 15.1 Å². The number of carbonyl (C=O) groups excluding carboxylic acids is 1. The Morgan fingerprint density at radius 1 is 1.53 bits per heavy atom. The highest BCUT2D eigenvalue weighted by molar-refractivity contribution is 5.98. The highest BCUT2D eigenvalue weighted by Gasteiger charge is 2.25. The summed E-state index contributed by atoms with van der Waals surface area (Å²) in [5.41, 5.74) is 1.57. The lowest BCUT2D eigenvalue weighted by atomic mass is 10.1. The zero-order valence-electron chi connectivity index (χ0n) is 9.26. The fraction of sp³-hybridized carbons (Fsp3) is 0.333. The molecule has 1 aromatic heterocycles. The van der Waals surface area contributed by atoms with E-state index in [2.05, 4.69) is 10.2 Å². The van der Waals surface area contributed by atoms with Gasteiger partial charge in [-0.1, -0.05) is 0 Å². The van der Waals surface area contributed by atoms with E-state index in [1.165, 1.54) is 0 Å². The van der Waals surface area contributed by atoms with Gasteiger partial charge in [0.1, 0.15) is 0 Å². The molecule has 1 aliphatic heterocycles. The first-order chi connectivity index (χ1) is 8.24. The van der Waals surface area contributed by atoms with Crippen molar-refractivity contribution in [2.75, 3.05) is 13.1 Å². The highest BCUT2D eigenvalue weighted by Crippen LogP contribution is 2.17. The van der Waals surface area contributed by atoms with Gasteiger partial charge in [-0.05, 0) is 24.6 Å². The molecule has 1 atom stereocenters. The summed E-state index contributed by atoms with van der Waals surface area (Å²) in [6.45, 7) is 1.06. The van der Waals surface area contributed by atoms with Crippen molar-refractivity contribution in [3.8, 4) is 0 Å². The normalized spacial score (nSPS) is 20.1. The molecule has 17 heavy (non-hydrogen) atoms. The summed E-state index contributed by atoms with van der Waals surface area (Å²) in [6, 6.07) is 5.46. The second-order valence-corrected chi connectivity index (χ2v) is 4.37. The molecule has 0 radical (unpaired) electrons. The van der Waals surface area contributed by atoms with Crippen LogP contribution in [0.3, 0.4) is 0 Å². The Labute approximate surface area is 98.0 Å². The van der Waals surface area contributed by atoms with Gasteiger partial charge in [0.25, 0.3) is 5.91 Å². The van der Waals surface area contributed by atoms with Crippen LogP contribution >= 0.6 is 0 Å². The van der Waals surface area contributed by atoms with Gasteiger partial charge in [-0.15, -0.1) is 0 Å². The van der Waals surface area contributed by atoms with Crippen molar-refractivity contribution in [1.29, 1.82) is 0 Å². The Bertz CT molecular complexity index is 564. The molecule has 2 heterocycles. The molecule has 5 nitrogen and oxygen atoms in total. The minimum absolute atomic E-state index is 0.0235. The molecule has 1 saturated heterocycles. The molecular weight excluding hydrogens is 218 g/mol. The van der Waals surface area contributed by atoms with Crippen LogP contribution in [0.2, 0.25) is 0 Å². The van der Waals surface area contributed by atoms with E-state index in [-0.39, 0.29) is 12.0 Å². The van der Waals surface area contributed by atoms with E-state index in [0.29, 0.717) is 25.1 Å². The fourth-order valence-corrected chi connectivity index (χ4v) is 2.18. The Hall–Kier alpha value is -1.88. The van der Waals surface area contributed by atoms with E-state index in [4.69, 9.17) is 0 Å². The van der Waals surface area contributed by atoms with Gasteiger partial charge in [0.15, 0.2) is 0 Å². The van der Waals surface area contributed by atoms with Crippen LogP contribution < -0.4 is 0 Å². The third kappa shape index (κ3) is 1.78. The minimum atomic E-state index is -0.378. The third-order valence-corrected chi connectivity index (χ3v) is 3.14. The van der Waals surface area contributed by atoms with Gasteiger partial charge in [-0.25, -0.2) is 0 Å². The van der Waals surface area contributed by atoms with E-state index in [1.807, 2.05) is 12.1 Å². The van der Waals surface area contributed by atoms with Crippen LogP contribution in [0.25, 0.3) is 10.9 Å². The summed E-state index contributed by atoms with van der Waals surface area (Å²) in [7, 11) is 0. The van der Waals surface area contributed by atoms with Crippen LogP contribution in [-0.2, 0) is 0 Å². The number of aliphatic hydroxyl groups excluding tert-OH is 1. The Balaban J connectivity index is 1.89. The fourth-order valence-electron chi connectivity index (χ4n) is 2.18. The number of fused-ring (bicyclic) bond motifs is 1. The number of aliphatic hydroxyl groups is 1. The van der Waals surface area contributed by atoms with Gasteiger partial charge in [-0.3, -0.25) is 9.89 Å². The molecule has 5 heteroatoms. The summed E-state index contributed by atoms with van der Waals surface area (Å²) in [5.74, 6) is -0.0235. The number of likely N-dealkylation sites (tertiary alicyclic amines) is 1. The van der Waals surface area contributed by atoms with Crippen LogP contribution in [0.5, 0.6) is 0 Å². The first kappa shape index (κ1) is 10.3. The van der Waals surface area contributed by atoms with Gasteiger partial charge in [0.05, 0.1) is 17.8 Å². The average molecular weight is 231 g/mol. The number of amides is 1. The quantitative estimate of drug-likeness (QED) is 0.761. The maximum absolute atomic E-state index is 12.1. The molecule has 2 aromatic rings. The van der Waals surface area contributed by atoms with Crippen molar-refractivity contribution in [2.24, 2.45) is 0 Å². The maximum Gasteiger partial charge on any atom is 0.253 e. The molecule has 0 saturated carbocycles. The van der Waals surface area contributed by atoms with Crippen LogP contribution in [-0.4, -0.2) is 45.3 Å². The number of aromatic amines is 1. The molecule has 0 spiro atoms. The summed E-state index contributed by atoms with van der Waals surface area (Å²) >= 11 is 0. The van der Waals surface area contributed by atoms with Gasteiger partial charge < -0.3 is 10.0 Å². The van der Waals surface area contributed by atoms with Gasteiger partial charge in [0, 0.05) is 24.0 Å². The number of nitrogens with zero attached hydrogens (tertiary/aromatic N) is 2. The molecule has 0 aliphatic carbocycles. The molecule has 0 bridgehead atoms. The summed E-state index contributed by atoms with van der Waals surface area (Å²) in [6.07, 6.45) is 1.99. The predicted octanol–water partition coefficient (Wildman–Crippen LogP) is 0.770. The Morgan fingerprint density at radius 2 is 2.41 bits per heavy atom. The van der Waals surface area contributed by atoms with Crippen LogP contribution in [0.4, 0.5) is 0 Å².